The Kier molecular flexibility index (Phi) is 5.96. The second-order valence-electron chi connectivity index (χ2n) is 6.08. The van der Waals surface area contributed by atoms with Crippen LogP contribution in [0.2, 0.25) is 0 Å². The molecule has 0 spiro atoms. The molecule has 0 unspecified atom stereocenters. The minimum absolute atomic E-state index is 0.0304. The van der Waals surface area contributed by atoms with Gasteiger partial charge < -0.3 is 10.1 Å². The zero-order valence-corrected chi connectivity index (χ0v) is 15.6. The summed E-state index contributed by atoms with van der Waals surface area (Å²) in [5, 5.41) is 5.81. The molecule has 0 fully saturated rings. The molecule has 134 valence electrons. The van der Waals surface area contributed by atoms with Gasteiger partial charge in [0.1, 0.15) is 5.75 Å². The minimum atomic E-state index is -0.0304. The van der Waals surface area contributed by atoms with Crippen molar-refractivity contribution in [2.75, 3.05) is 5.32 Å². The average molecular weight is 367 g/mol. The third-order valence-electron chi connectivity index (χ3n) is 3.55. The molecule has 0 aliphatic heterocycles. The number of pyridine rings is 1. The van der Waals surface area contributed by atoms with Gasteiger partial charge in [-0.05, 0) is 50.2 Å². The number of aryl methyl sites for hydroxylation is 1. The van der Waals surface area contributed by atoms with Gasteiger partial charge in [0.2, 0.25) is 5.91 Å². The van der Waals surface area contributed by atoms with Crippen LogP contribution >= 0.6 is 11.3 Å². The summed E-state index contributed by atoms with van der Waals surface area (Å²) in [4.78, 5) is 21.0. The summed E-state index contributed by atoms with van der Waals surface area (Å²) in [5.74, 6) is 0.764. The smallest absolute Gasteiger partial charge is 0.224 e. The van der Waals surface area contributed by atoms with E-state index in [0.29, 0.717) is 12.8 Å². The fourth-order valence-electron chi connectivity index (χ4n) is 2.39. The molecule has 6 heteroatoms. The highest BCUT2D eigenvalue weighted by atomic mass is 32.1. The fraction of sp³-hybridized carbons (Fsp3) is 0.250. The molecule has 1 N–H and O–H groups in total. The van der Waals surface area contributed by atoms with Crippen LogP contribution in [-0.2, 0) is 11.2 Å². The van der Waals surface area contributed by atoms with Crippen LogP contribution in [0, 0.1) is 0 Å². The number of amides is 1. The molecule has 0 saturated heterocycles. The normalized spacial score (nSPS) is 10.7. The molecule has 0 aliphatic rings. The first-order chi connectivity index (χ1) is 12.6. The Bertz CT molecular complexity index is 845. The van der Waals surface area contributed by atoms with Gasteiger partial charge in [0.05, 0.1) is 22.5 Å². The number of hydrogen-bond acceptors (Lipinski definition) is 5. The van der Waals surface area contributed by atoms with Crippen molar-refractivity contribution in [3.05, 3.63) is 59.0 Å². The molecule has 26 heavy (non-hydrogen) atoms. The second kappa shape index (κ2) is 8.58. The summed E-state index contributed by atoms with van der Waals surface area (Å²) < 4.78 is 5.59. The zero-order valence-electron chi connectivity index (χ0n) is 14.8. The van der Waals surface area contributed by atoms with Crippen molar-refractivity contribution in [1.82, 2.24) is 9.97 Å². The quantitative estimate of drug-likeness (QED) is 0.665. The van der Waals surface area contributed by atoms with Crippen molar-refractivity contribution < 1.29 is 9.53 Å². The monoisotopic (exact) mass is 367 g/mol. The molecule has 1 amide bonds. The van der Waals surface area contributed by atoms with E-state index in [1.54, 1.807) is 17.5 Å². The van der Waals surface area contributed by atoms with Crippen LogP contribution in [0.4, 0.5) is 5.69 Å². The van der Waals surface area contributed by atoms with Crippen LogP contribution in [0.3, 0.4) is 0 Å². The number of benzene rings is 1. The first-order valence-corrected chi connectivity index (χ1v) is 9.40. The Morgan fingerprint density at radius 1 is 1.15 bits per heavy atom. The van der Waals surface area contributed by atoms with E-state index in [0.717, 1.165) is 27.8 Å². The van der Waals surface area contributed by atoms with E-state index in [2.05, 4.69) is 15.3 Å². The number of hydrogen-bond donors (Lipinski definition) is 1. The predicted octanol–water partition coefficient (Wildman–Crippen LogP) is 4.56. The lowest BCUT2D eigenvalue weighted by atomic mass is 10.2. The highest BCUT2D eigenvalue weighted by Crippen LogP contribution is 2.21. The summed E-state index contributed by atoms with van der Waals surface area (Å²) in [6.07, 6.45) is 2.88. The fourth-order valence-corrected chi connectivity index (χ4v) is 3.18. The lowest BCUT2D eigenvalue weighted by molar-refractivity contribution is -0.116. The molecule has 2 aromatic heterocycles. The molecule has 0 aliphatic carbocycles. The number of rotatable bonds is 7. The summed E-state index contributed by atoms with van der Waals surface area (Å²) in [7, 11) is 0. The number of anilines is 1. The molecule has 0 radical (unpaired) electrons. The van der Waals surface area contributed by atoms with E-state index in [1.807, 2.05) is 61.7 Å². The number of carbonyl (C=O) groups excluding carboxylic acids is 1. The van der Waals surface area contributed by atoms with Crippen LogP contribution in [0.15, 0.2) is 54.0 Å². The van der Waals surface area contributed by atoms with Crippen LogP contribution in [0.25, 0.3) is 11.4 Å². The van der Waals surface area contributed by atoms with Gasteiger partial charge in [-0.25, -0.2) is 4.98 Å². The number of nitrogens with zero attached hydrogens (tertiary/aromatic N) is 2. The van der Waals surface area contributed by atoms with E-state index in [4.69, 9.17) is 4.74 Å². The zero-order chi connectivity index (χ0) is 18.4. The molecule has 2 heterocycles. The van der Waals surface area contributed by atoms with Gasteiger partial charge in [-0.1, -0.05) is 6.07 Å². The van der Waals surface area contributed by atoms with E-state index < -0.39 is 0 Å². The van der Waals surface area contributed by atoms with Gasteiger partial charge >= 0.3 is 0 Å². The minimum Gasteiger partial charge on any atom is -0.491 e. The van der Waals surface area contributed by atoms with Gasteiger partial charge in [-0.2, -0.15) is 0 Å². The summed E-state index contributed by atoms with van der Waals surface area (Å²) in [6.45, 7) is 3.96. The summed E-state index contributed by atoms with van der Waals surface area (Å²) in [6, 6.07) is 13.1. The van der Waals surface area contributed by atoms with Crippen molar-refractivity contribution >= 4 is 22.9 Å². The highest BCUT2D eigenvalue weighted by Gasteiger charge is 2.08. The first kappa shape index (κ1) is 18.1. The first-order valence-electron chi connectivity index (χ1n) is 8.52. The van der Waals surface area contributed by atoms with Crippen LogP contribution in [0.1, 0.15) is 25.3 Å². The van der Waals surface area contributed by atoms with E-state index in [-0.39, 0.29) is 12.0 Å². The Hall–Kier alpha value is -2.73. The molecule has 0 bridgehead atoms. The molecule has 5 nitrogen and oxygen atoms in total. The van der Waals surface area contributed by atoms with Crippen molar-refractivity contribution in [3.8, 4) is 17.1 Å². The third-order valence-corrected chi connectivity index (χ3v) is 4.46. The predicted molar refractivity (Wildman–Crippen MR) is 105 cm³/mol. The summed E-state index contributed by atoms with van der Waals surface area (Å²) >= 11 is 1.55. The van der Waals surface area contributed by atoms with E-state index >= 15 is 0 Å². The van der Waals surface area contributed by atoms with Gasteiger partial charge in [-0.15, -0.1) is 11.3 Å². The largest absolute Gasteiger partial charge is 0.491 e. The van der Waals surface area contributed by atoms with Crippen molar-refractivity contribution in [2.45, 2.75) is 32.8 Å². The highest BCUT2D eigenvalue weighted by molar-refractivity contribution is 7.09. The summed E-state index contributed by atoms with van der Waals surface area (Å²) in [5.41, 5.74) is 2.47. The maximum Gasteiger partial charge on any atom is 0.224 e. The molecular weight excluding hydrogens is 346 g/mol. The van der Waals surface area contributed by atoms with Gasteiger partial charge in [0, 0.05) is 30.1 Å². The lowest BCUT2D eigenvalue weighted by Gasteiger charge is -2.10. The number of carbonyl (C=O) groups is 1. The van der Waals surface area contributed by atoms with Crippen LogP contribution in [-0.4, -0.2) is 22.0 Å². The lowest BCUT2D eigenvalue weighted by Crippen LogP contribution is -2.12. The number of nitrogens with one attached hydrogen (secondary N) is 1. The van der Waals surface area contributed by atoms with E-state index in [1.165, 1.54) is 0 Å². The Morgan fingerprint density at radius 2 is 1.96 bits per heavy atom. The van der Waals surface area contributed by atoms with Gasteiger partial charge in [0.15, 0.2) is 0 Å². The number of aromatic nitrogens is 2. The van der Waals surface area contributed by atoms with E-state index in [9.17, 15) is 4.79 Å². The van der Waals surface area contributed by atoms with Crippen molar-refractivity contribution in [2.24, 2.45) is 0 Å². The Balaban J connectivity index is 1.50. The molecule has 3 aromatic rings. The molecular formula is C20H21N3O2S. The maximum atomic E-state index is 12.1. The van der Waals surface area contributed by atoms with Crippen LogP contribution in [0.5, 0.6) is 5.75 Å². The Morgan fingerprint density at radius 3 is 2.65 bits per heavy atom. The topological polar surface area (TPSA) is 64.1 Å². The third kappa shape index (κ3) is 5.13. The SMILES string of the molecule is CC(C)Oc1ccc(NC(=O)CCc2nc(-c3ccccn3)cs2)cc1. The maximum absolute atomic E-state index is 12.1. The standard InChI is InChI=1S/C20H21N3O2S/c1-14(2)25-16-8-6-15(7-9-16)22-19(24)10-11-20-23-18(13-26-20)17-5-3-4-12-21-17/h3-9,12-14H,10-11H2,1-2H3,(H,22,24). The second-order valence-corrected chi connectivity index (χ2v) is 7.02. The molecule has 0 atom stereocenters. The van der Waals surface area contributed by atoms with Crippen LogP contribution < -0.4 is 10.1 Å². The molecule has 1 aromatic carbocycles. The average Bonchev–Trinajstić information content (AvgIpc) is 3.11. The Labute approximate surface area is 157 Å². The molecule has 3 rings (SSSR count). The van der Waals surface area contributed by atoms with Crippen molar-refractivity contribution in [1.29, 1.82) is 0 Å². The van der Waals surface area contributed by atoms with Crippen molar-refractivity contribution in [3.63, 3.8) is 0 Å². The van der Waals surface area contributed by atoms with Gasteiger partial charge in [0.25, 0.3) is 0 Å². The number of thiazole rings is 1. The molecule has 0 saturated carbocycles. The number of ether oxygens (including phenoxy) is 1. The van der Waals surface area contributed by atoms with Gasteiger partial charge in [-0.3, -0.25) is 9.78 Å².